The second-order valence-electron chi connectivity index (χ2n) is 15.4. The topological polar surface area (TPSA) is 43.9 Å². The highest BCUT2D eigenvalue weighted by molar-refractivity contribution is 6.13. The molecular formula is C55H39N3O. The Morgan fingerprint density at radius 2 is 1.17 bits per heavy atom. The van der Waals surface area contributed by atoms with Crippen LogP contribution in [0.15, 0.2) is 199 Å². The van der Waals surface area contributed by atoms with Crippen LogP contribution in [0.2, 0.25) is 0 Å². The maximum Gasteiger partial charge on any atom is 0.160 e. The summed E-state index contributed by atoms with van der Waals surface area (Å²) >= 11 is 0. The van der Waals surface area contributed by atoms with Crippen LogP contribution in [-0.2, 0) is 0 Å². The minimum absolute atomic E-state index is 0.0937. The molecule has 4 nitrogen and oxygen atoms in total. The molecule has 0 fully saturated rings. The van der Waals surface area contributed by atoms with Crippen molar-refractivity contribution in [2.45, 2.75) is 19.8 Å². The van der Waals surface area contributed by atoms with Gasteiger partial charge in [0.15, 0.2) is 5.82 Å². The molecule has 0 amide bonds. The second kappa shape index (κ2) is 14.1. The molecule has 280 valence electrons. The molecule has 4 heteroatoms. The fraction of sp³-hybridized carbons (Fsp3) is 0.0545. The van der Waals surface area contributed by atoms with Crippen molar-refractivity contribution >= 4 is 43.7 Å². The normalized spacial score (nSPS) is 12.2. The zero-order valence-electron chi connectivity index (χ0n) is 32.8. The van der Waals surface area contributed by atoms with E-state index in [0.29, 0.717) is 5.82 Å². The van der Waals surface area contributed by atoms with Gasteiger partial charge in [-0.05, 0) is 77.2 Å². The molecule has 11 aromatic rings. The third-order valence-electron chi connectivity index (χ3n) is 11.9. The standard InChI is InChI=1S/C55H39N3O/c1-35(41-23-12-13-24-43(41)42-30-31-45-44-25-14-15-27-50(44)58(54(45)36(42)2)40-21-10-5-11-22-40)39-29-32-51-47(33-39)53-46(26-16-28-52(53)59-51)49-34-48(37-17-6-3-7-18-37)56-55(57-49)38-19-8-4-9-20-38/h3-35H,1-2H3. The van der Waals surface area contributed by atoms with Crippen molar-refractivity contribution < 1.29 is 4.42 Å². The maximum absolute atomic E-state index is 6.56. The Morgan fingerprint density at radius 3 is 1.98 bits per heavy atom. The molecule has 3 aromatic heterocycles. The lowest BCUT2D eigenvalue weighted by atomic mass is 9.85. The van der Waals surface area contributed by atoms with Gasteiger partial charge in [0.25, 0.3) is 0 Å². The molecule has 0 bridgehead atoms. The number of nitrogens with zero attached hydrogens (tertiary/aromatic N) is 3. The van der Waals surface area contributed by atoms with Crippen LogP contribution in [-0.4, -0.2) is 14.5 Å². The van der Waals surface area contributed by atoms with E-state index < -0.39 is 0 Å². The van der Waals surface area contributed by atoms with Gasteiger partial charge in [-0.25, -0.2) is 9.97 Å². The number of hydrogen-bond acceptors (Lipinski definition) is 3. The number of benzene rings is 8. The molecule has 0 saturated heterocycles. The number of furan rings is 1. The second-order valence-corrected chi connectivity index (χ2v) is 15.4. The molecule has 0 aliphatic heterocycles. The van der Waals surface area contributed by atoms with Gasteiger partial charge in [-0.2, -0.15) is 0 Å². The number of para-hydroxylation sites is 2. The lowest BCUT2D eigenvalue weighted by Gasteiger charge is -2.20. The van der Waals surface area contributed by atoms with E-state index in [0.717, 1.165) is 55.7 Å². The summed E-state index contributed by atoms with van der Waals surface area (Å²) in [5.74, 6) is 0.784. The molecule has 59 heavy (non-hydrogen) atoms. The van der Waals surface area contributed by atoms with Gasteiger partial charge in [-0.15, -0.1) is 0 Å². The first kappa shape index (κ1) is 34.7. The molecule has 0 saturated carbocycles. The number of fused-ring (bicyclic) bond motifs is 6. The van der Waals surface area contributed by atoms with Crippen LogP contribution in [0, 0.1) is 6.92 Å². The van der Waals surface area contributed by atoms with Gasteiger partial charge in [-0.3, -0.25) is 0 Å². The van der Waals surface area contributed by atoms with Crippen molar-refractivity contribution in [3.05, 3.63) is 211 Å². The first-order valence-corrected chi connectivity index (χ1v) is 20.2. The molecule has 0 radical (unpaired) electrons. The largest absolute Gasteiger partial charge is 0.456 e. The van der Waals surface area contributed by atoms with E-state index in [4.69, 9.17) is 14.4 Å². The van der Waals surface area contributed by atoms with Crippen molar-refractivity contribution in [2.24, 2.45) is 0 Å². The summed E-state index contributed by atoms with van der Waals surface area (Å²) in [5.41, 5.74) is 16.3. The van der Waals surface area contributed by atoms with Crippen molar-refractivity contribution in [1.29, 1.82) is 0 Å². The molecule has 0 aliphatic carbocycles. The molecule has 1 unspecified atom stereocenters. The Kier molecular flexibility index (Phi) is 8.30. The smallest absolute Gasteiger partial charge is 0.160 e. The third-order valence-corrected chi connectivity index (χ3v) is 11.9. The zero-order chi connectivity index (χ0) is 39.5. The van der Waals surface area contributed by atoms with Crippen molar-refractivity contribution in [3.63, 3.8) is 0 Å². The molecule has 0 N–H and O–H groups in total. The first-order chi connectivity index (χ1) is 29.1. The minimum atomic E-state index is 0.0937. The lowest BCUT2D eigenvalue weighted by Crippen LogP contribution is -2.01. The SMILES string of the molecule is Cc1c(-c2ccccc2C(C)c2ccc3oc4cccc(-c5cc(-c6ccccc6)nc(-c6ccccc6)n5)c4c3c2)ccc2c3ccccc3n(-c3ccccc3)c12. The van der Waals surface area contributed by atoms with Gasteiger partial charge in [0.05, 0.1) is 22.4 Å². The Hall–Kier alpha value is -7.56. The van der Waals surface area contributed by atoms with Gasteiger partial charge in [-0.1, -0.05) is 159 Å². The zero-order valence-corrected chi connectivity index (χ0v) is 32.8. The predicted octanol–water partition coefficient (Wildman–Crippen LogP) is 14.6. The molecular weight excluding hydrogens is 719 g/mol. The van der Waals surface area contributed by atoms with Crippen molar-refractivity contribution in [1.82, 2.24) is 14.5 Å². The van der Waals surface area contributed by atoms with Crippen LogP contribution >= 0.6 is 0 Å². The molecule has 1 atom stereocenters. The minimum Gasteiger partial charge on any atom is -0.456 e. The van der Waals surface area contributed by atoms with Gasteiger partial charge < -0.3 is 8.98 Å². The Balaban J connectivity index is 1.06. The van der Waals surface area contributed by atoms with Gasteiger partial charge >= 0.3 is 0 Å². The monoisotopic (exact) mass is 757 g/mol. The van der Waals surface area contributed by atoms with Crippen molar-refractivity contribution in [2.75, 3.05) is 0 Å². The highest BCUT2D eigenvalue weighted by Crippen LogP contribution is 2.43. The third kappa shape index (κ3) is 5.83. The summed E-state index contributed by atoms with van der Waals surface area (Å²) in [7, 11) is 0. The number of rotatable bonds is 7. The fourth-order valence-corrected chi connectivity index (χ4v) is 9.04. The first-order valence-electron chi connectivity index (χ1n) is 20.2. The lowest BCUT2D eigenvalue weighted by molar-refractivity contribution is 0.668. The molecule has 0 spiro atoms. The summed E-state index contributed by atoms with van der Waals surface area (Å²) in [5, 5.41) is 4.65. The Morgan fingerprint density at radius 1 is 0.492 bits per heavy atom. The van der Waals surface area contributed by atoms with Crippen LogP contribution in [0.1, 0.15) is 29.5 Å². The van der Waals surface area contributed by atoms with E-state index in [2.05, 4.69) is 188 Å². The fourth-order valence-electron chi connectivity index (χ4n) is 9.04. The van der Waals surface area contributed by atoms with Crippen LogP contribution in [0.5, 0.6) is 0 Å². The van der Waals surface area contributed by atoms with Crippen molar-refractivity contribution in [3.8, 4) is 50.7 Å². The highest BCUT2D eigenvalue weighted by atomic mass is 16.3. The Labute approximate surface area is 342 Å². The summed E-state index contributed by atoms with van der Waals surface area (Å²) in [6.45, 7) is 4.60. The molecule has 3 heterocycles. The highest BCUT2D eigenvalue weighted by Gasteiger charge is 2.22. The van der Waals surface area contributed by atoms with Crippen LogP contribution < -0.4 is 0 Å². The summed E-state index contributed by atoms with van der Waals surface area (Å²) in [6.07, 6.45) is 0. The van der Waals surface area contributed by atoms with E-state index in [1.54, 1.807) is 0 Å². The van der Waals surface area contributed by atoms with E-state index in [9.17, 15) is 0 Å². The predicted molar refractivity (Wildman–Crippen MR) is 244 cm³/mol. The van der Waals surface area contributed by atoms with E-state index >= 15 is 0 Å². The molecule has 0 aliphatic rings. The van der Waals surface area contributed by atoms with Crippen LogP contribution in [0.3, 0.4) is 0 Å². The summed E-state index contributed by atoms with van der Waals surface area (Å²) < 4.78 is 8.99. The quantitative estimate of drug-likeness (QED) is 0.163. The number of aryl methyl sites for hydroxylation is 1. The van der Waals surface area contributed by atoms with Crippen LogP contribution in [0.25, 0.3) is 94.5 Å². The maximum atomic E-state index is 6.56. The average Bonchev–Trinajstić information content (AvgIpc) is 3.86. The Bertz CT molecular complexity index is 3290. The van der Waals surface area contributed by atoms with Gasteiger partial charge in [0, 0.05) is 49.8 Å². The summed E-state index contributed by atoms with van der Waals surface area (Å²) in [4.78, 5) is 10.3. The van der Waals surface area contributed by atoms with Crippen LogP contribution in [0.4, 0.5) is 0 Å². The van der Waals surface area contributed by atoms with E-state index in [1.165, 1.54) is 49.6 Å². The number of aromatic nitrogens is 3. The average molecular weight is 758 g/mol. The number of hydrogen-bond donors (Lipinski definition) is 0. The van der Waals surface area contributed by atoms with E-state index in [1.807, 2.05) is 24.3 Å². The van der Waals surface area contributed by atoms with Gasteiger partial charge in [0.1, 0.15) is 11.2 Å². The van der Waals surface area contributed by atoms with Gasteiger partial charge in [0.2, 0.25) is 0 Å². The van der Waals surface area contributed by atoms with E-state index in [-0.39, 0.29) is 5.92 Å². The molecule has 8 aromatic carbocycles. The molecule has 11 rings (SSSR count). The summed E-state index contributed by atoms with van der Waals surface area (Å²) in [6, 6.07) is 68.6.